The highest BCUT2D eigenvalue weighted by molar-refractivity contribution is 5.97. The maximum Gasteiger partial charge on any atom is 0.323 e. The van der Waals surface area contributed by atoms with Crippen LogP contribution in [-0.2, 0) is 15.0 Å². The standard InChI is InChI=1S/C25H20O3/c26-19-15-21(17-9-3-1-4-10-17)25(22(16-19)18-11-5-2-6-12-18)20-13-7-8-14-23(20)28-24(25)27/h1-14,21-22H,15-16H2/t21-,22+,25?. The van der Waals surface area contributed by atoms with E-state index in [-0.39, 0.29) is 23.6 Å². The number of Topliss-reactive ketones (excluding diaryl/α,β-unsaturated/α-hetero) is 1. The summed E-state index contributed by atoms with van der Waals surface area (Å²) < 4.78 is 5.79. The zero-order chi connectivity index (χ0) is 19.1. The van der Waals surface area contributed by atoms with Gasteiger partial charge in [0.05, 0.1) is 0 Å². The van der Waals surface area contributed by atoms with Crippen molar-refractivity contribution in [2.24, 2.45) is 0 Å². The zero-order valence-corrected chi connectivity index (χ0v) is 15.4. The number of ether oxygens (including phenoxy) is 1. The molecule has 2 aliphatic rings. The Kier molecular flexibility index (Phi) is 3.90. The highest BCUT2D eigenvalue weighted by Crippen LogP contribution is 2.60. The highest BCUT2D eigenvalue weighted by Gasteiger charge is 2.62. The second-order valence-corrected chi connectivity index (χ2v) is 7.63. The summed E-state index contributed by atoms with van der Waals surface area (Å²) in [7, 11) is 0. The van der Waals surface area contributed by atoms with E-state index in [1.54, 1.807) is 0 Å². The minimum absolute atomic E-state index is 0.186. The van der Waals surface area contributed by atoms with Gasteiger partial charge in [-0.05, 0) is 17.2 Å². The third-order valence-electron chi connectivity index (χ3n) is 6.24. The first kappa shape index (κ1) is 16.9. The Balaban J connectivity index is 1.80. The van der Waals surface area contributed by atoms with E-state index >= 15 is 0 Å². The smallest absolute Gasteiger partial charge is 0.323 e. The van der Waals surface area contributed by atoms with Gasteiger partial charge in [0.1, 0.15) is 16.9 Å². The molecule has 3 heteroatoms. The molecule has 138 valence electrons. The molecule has 1 aliphatic heterocycles. The first-order chi connectivity index (χ1) is 13.7. The highest BCUT2D eigenvalue weighted by atomic mass is 16.5. The average molecular weight is 368 g/mol. The maximum absolute atomic E-state index is 13.5. The van der Waals surface area contributed by atoms with Crippen LogP contribution in [0.1, 0.15) is 41.4 Å². The fraction of sp³-hybridized carbons (Fsp3) is 0.200. The molecule has 0 saturated heterocycles. The number of hydrogen-bond acceptors (Lipinski definition) is 3. The van der Waals surface area contributed by atoms with E-state index in [0.717, 1.165) is 16.7 Å². The largest absolute Gasteiger partial charge is 0.426 e. The summed E-state index contributed by atoms with van der Waals surface area (Å²) in [5.74, 6) is 0.0470. The van der Waals surface area contributed by atoms with Gasteiger partial charge < -0.3 is 4.74 Å². The normalized spacial score (nSPS) is 26.1. The number of rotatable bonds is 2. The van der Waals surface area contributed by atoms with Crippen molar-refractivity contribution in [1.29, 1.82) is 0 Å². The quantitative estimate of drug-likeness (QED) is 0.483. The summed E-state index contributed by atoms with van der Waals surface area (Å²) >= 11 is 0. The molecule has 1 spiro atoms. The van der Waals surface area contributed by atoms with Crippen LogP contribution in [0, 0.1) is 0 Å². The lowest BCUT2D eigenvalue weighted by Gasteiger charge is -2.44. The second-order valence-electron chi connectivity index (χ2n) is 7.63. The van der Waals surface area contributed by atoms with Crippen LogP contribution in [0.2, 0.25) is 0 Å². The molecule has 1 heterocycles. The molecule has 3 nitrogen and oxygen atoms in total. The number of carbonyl (C=O) groups is 2. The molecule has 3 aromatic carbocycles. The number of hydrogen-bond donors (Lipinski definition) is 0. The van der Waals surface area contributed by atoms with Gasteiger partial charge in [-0.1, -0.05) is 78.9 Å². The van der Waals surface area contributed by atoms with Crippen molar-refractivity contribution in [2.45, 2.75) is 30.1 Å². The van der Waals surface area contributed by atoms with Crippen molar-refractivity contribution < 1.29 is 14.3 Å². The number of esters is 1. The van der Waals surface area contributed by atoms with E-state index in [1.807, 2.05) is 84.9 Å². The van der Waals surface area contributed by atoms with E-state index in [9.17, 15) is 9.59 Å². The Bertz CT molecular complexity index is 988. The third-order valence-corrected chi connectivity index (χ3v) is 6.24. The van der Waals surface area contributed by atoms with Gasteiger partial charge in [-0.2, -0.15) is 0 Å². The van der Waals surface area contributed by atoms with Gasteiger partial charge in [0.2, 0.25) is 0 Å². The topological polar surface area (TPSA) is 43.4 Å². The lowest BCUT2D eigenvalue weighted by Crippen LogP contribution is -2.49. The summed E-state index contributed by atoms with van der Waals surface area (Å²) in [4.78, 5) is 26.4. The maximum atomic E-state index is 13.5. The molecule has 0 radical (unpaired) electrons. The monoisotopic (exact) mass is 368 g/mol. The second kappa shape index (κ2) is 6.45. The van der Waals surface area contributed by atoms with E-state index in [2.05, 4.69) is 0 Å². The van der Waals surface area contributed by atoms with Gasteiger partial charge in [-0.3, -0.25) is 9.59 Å². The molecule has 0 amide bonds. The van der Waals surface area contributed by atoms with Gasteiger partial charge in [0, 0.05) is 30.2 Å². The number of fused-ring (bicyclic) bond motifs is 2. The van der Waals surface area contributed by atoms with Crippen molar-refractivity contribution >= 4 is 11.8 Å². The summed E-state index contributed by atoms with van der Waals surface area (Å²) in [6.45, 7) is 0. The van der Waals surface area contributed by atoms with Gasteiger partial charge in [0.25, 0.3) is 0 Å². The number of benzene rings is 3. The van der Waals surface area contributed by atoms with Crippen LogP contribution in [0.15, 0.2) is 84.9 Å². The van der Waals surface area contributed by atoms with Crippen LogP contribution >= 0.6 is 0 Å². The summed E-state index contributed by atoms with van der Waals surface area (Å²) in [6, 6.07) is 27.5. The Morgan fingerprint density at radius 3 is 1.75 bits per heavy atom. The van der Waals surface area contributed by atoms with Crippen molar-refractivity contribution in [3.63, 3.8) is 0 Å². The Labute approximate surface area is 164 Å². The minimum Gasteiger partial charge on any atom is -0.426 e. The molecule has 1 unspecified atom stereocenters. The fourth-order valence-electron chi connectivity index (χ4n) is 5.09. The van der Waals surface area contributed by atoms with Crippen LogP contribution in [0.25, 0.3) is 0 Å². The molecular weight excluding hydrogens is 348 g/mol. The Hall–Kier alpha value is -3.20. The van der Waals surface area contributed by atoms with Crippen LogP contribution in [0.3, 0.4) is 0 Å². The average Bonchev–Trinajstić information content (AvgIpc) is 3.03. The molecule has 1 saturated carbocycles. The van der Waals surface area contributed by atoms with Crippen LogP contribution in [0.4, 0.5) is 0 Å². The Morgan fingerprint density at radius 2 is 1.18 bits per heavy atom. The molecule has 0 N–H and O–H groups in total. The van der Waals surface area contributed by atoms with Crippen molar-refractivity contribution in [1.82, 2.24) is 0 Å². The van der Waals surface area contributed by atoms with E-state index in [0.29, 0.717) is 18.6 Å². The lowest BCUT2D eigenvalue weighted by atomic mass is 9.54. The van der Waals surface area contributed by atoms with Gasteiger partial charge in [-0.25, -0.2) is 0 Å². The summed E-state index contributed by atoms with van der Waals surface area (Å²) in [5.41, 5.74) is 2.01. The number of ketones is 1. The van der Waals surface area contributed by atoms with Crippen molar-refractivity contribution in [3.8, 4) is 5.75 Å². The van der Waals surface area contributed by atoms with Crippen LogP contribution in [-0.4, -0.2) is 11.8 Å². The molecule has 3 atom stereocenters. The number of carbonyl (C=O) groups excluding carboxylic acids is 2. The van der Waals surface area contributed by atoms with E-state index < -0.39 is 5.41 Å². The minimum atomic E-state index is -0.896. The SMILES string of the molecule is O=C1C[C@H](c2ccccc2)C2(C(=O)Oc3ccccc32)[C@H](c2ccccc2)C1. The lowest BCUT2D eigenvalue weighted by molar-refractivity contribution is -0.142. The summed E-state index contributed by atoms with van der Waals surface area (Å²) in [5, 5.41) is 0. The van der Waals surface area contributed by atoms with Crippen LogP contribution < -0.4 is 4.74 Å². The van der Waals surface area contributed by atoms with E-state index in [1.165, 1.54) is 0 Å². The number of para-hydroxylation sites is 1. The predicted octanol–water partition coefficient (Wildman–Crippen LogP) is 4.77. The first-order valence-electron chi connectivity index (χ1n) is 9.64. The van der Waals surface area contributed by atoms with Gasteiger partial charge in [-0.15, -0.1) is 0 Å². The molecular formula is C25H20O3. The third kappa shape index (κ3) is 2.36. The predicted molar refractivity (Wildman–Crippen MR) is 106 cm³/mol. The Morgan fingerprint density at radius 1 is 0.679 bits per heavy atom. The van der Waals surface area contributed by atoms with Crippen LogP contribution in [0.5, 0.6) is 5.75 Å². The molecule has 28 heavy (non-hydrogen) atoms. The zero-order valence-electron chi connectivity index (χ0n) is 15.4. The molecule has 0 aromatic heterocycles. The van der Waals surface area contributed by atoms with Gasteiger partial charge in [0.15, 0.2) is 0 Å². The van der Waals surface area contributed by atoms with Crippen molar-refractivity contribution in [2.75, 3.05) is 0 Å². The first-order valence-corrected chi connectivity index (χ1v) is 9.64. The summed E-state index contributed by atoms with van der Waals surface area (Å²) in [6.07, 6.45) is 0.688. The molecule has 1 fully saturated rings. The van der Waals surface area contributed by atoms with Gasteiger partial charge >= 0.3 is 5.97 Å². The molecule has 0 bridgehead atoms. The molecule has 1 aliphatic carbocycles. The molecule has 3 aromatic rings. The van der Waals surface area contributed by atoms with E-state index in [4.69, 9.17) is 4.74 Å². The fourth-order valence-corrected chi connectivity index (χ4v) is 5.09. The molecule has 5 rings (SSSR count). The van der Waals surface area contributed by atoms with Crippen molar-refractivity contribution in [3.05, 3.63) is 102 Å².